The third-order valence-electron chi connectivity index (χ3n) is 4.89. The molecule has 3 rings (SSSR count). The Labute approximate surface area is 138 Å². The van der Waals surface area contributed by atoms with Gasteiger partial charge >= 0.3 is 0 Å². The van der Waals surface area contributed by atoms with E-state index in [1.807, 2.05) is 0 Å². The number of aromatic hydroxyl groups is 2. The molecule has 0 aromatic heterocycles. The molecule has 0 spiro atoms. The summed E-state index contributed by atoms with van der Waals surface area (Å²) in [5, 5.41) is 22.9. The van der Waals surface area contributed by atoms with Crippen molar-refractivity contribution in [2.24, 2.45) is 0 Å². The molecule has 12 N–H and O–H groups in total. The number of phenols is 2. The average Bonchev–Trinajstić information content (AvgIpc) is 2.55. The van der Waals surface area contributed by atoms with Gasteiger partial charge in [-0.1, -0.05) is 0 Å². The van der Waals surface area contributed by atoms with Crippen LogP contribution in [0.5, 0.6) is 11.5 Å². The van der Waals surface area contributed by atoms with E-state index in [2.05, 4.69) is 0 Å². The zero-order chi connectivity index (χ0) is 18.1. The van der Waals surface area contributed by atoms with E-state index in [0.717, 1.165) is 0 Å². The summed E-state index contributed by atoms with van der Waals surface area (Å²) < 4.78 is 0. The second-order valence-corrected chi connectivity index (χ2v) is 6.14. The van der Waals surface area contributed by atoms with E-state index in [1.54, 1.807) is 20.8 Å². The maximum atomic E-state index is 10.6. The molecular weight excluding hydrogens is 306 g/mol. The van der Waals surface area contributed by atoms with Crippen LogP contribution in [0.1, 0.15) is 16.7 Å². The smallest absolute Gasteiger partial charge is 0.144 e. The molecule has 24 heavy (non-hydrogen) atoms. The van der Waals surface area contributed by atoms with Gasteiger partial charge in [-0.3, -0.25) is 0 Å². The molecule has 3 aromatic rings. The zero-order valence-electron chi connectivity index (χ0n) is 13.8. The number of rotatable bonds is 0. The molecule has 0 bridgehead atoms. The van der Waals surface area contributed by atoms with Crippen molar-refractivity contribution in [2.45, 2.75) is 20.8 Å². The van der Waals surface area contributed by atoms with Gasteiger partial charge in [0.2, 0.25) is 0 Å². The molecule has 0 atom stereocenters. The number of aryl methyl sites for hydroxylation is 2. The summed E-state index contributed by atoms with van der Waals surface area (Å²) in [5.41, 5.74) is 33.3. The largest absolute Gasteiger partial charge is 0.507 e. The van der Waals surface area contributed by atoms with Crippen molar-refractivity contribution < 1.29 is 10.2 Å². The van der Waals surface area contributed by atoms with Gasteiger partial charge in [-0.05, 0) is 31.7 Å². The highest BCUT2D eigenvalue weighted by Crippen LogP contribution is 2.50. The summed E-state index contributed by atoms with van der Waals surface area (Å²) in [4.78, 5) is 0. The van der Waals surface area contributed by atoms with Crippen molar-refractivity contribution >= 4 is 50.0 Å². The monoisotopic (exact) mass is 327 g/mol. The van der Waals surface area contributed by atoms with Crippen LogP contribution in [0, 0.1) is 20.8 Å². The predicted octanol–water partition coefficient (Wildman–Crippen LogP) is 2.24. The topological polar surface area (TPSA) is 171 Å². The summed E-state index contributed by atoms with van der Waals surface area (Å²) in [6, 6.07) is 0. The van der Waals surface area contributed by atoms with Crippen LogP contribution in [0.3, 0.4) is 0 Å². The molecule has 0 heterocycles. The molecule has 0 saturated heterocycles. The Kier molecular flexibility index (Phi) is 3.03. The number of anilines is 5. The first kappa shape index (κ1) is 15.7. The summed E-state index contributed by atoms with van der Waals surface area (Å²) in [7, 11) is 0. The molecular formula is C17H21N5O2. The summed E-state index contributed by atoms with van der Waals surface area (Å²) in [5.74, 6) is -0.0847. The van der Waals surface area contributed by atoms with Crippen LogP contribution < -0.4 is 28.7 Å². The highest BCUT2D eigenvalue weighted by Gasteiger charge is 2.24. The summed E-state index contributed by atoms with van der Waals surface area (Å²) in [6.07, 6.45) is 0. The minimum absolute atomic E-state index is 0.0112. The first-order chi connectivity index (χ1) is 11.1. The van der Waals surface area contributed by atoms with Gasteiger partial charge in [0.25, 0.3) is 0 Å². The van der Waals surface area contributed by atoms with Crippen LogP contribution >= 0.6 is 0 Å². The van der Waals surface area contributed by atoms with Gasteiger partial charge in [-0.15, -0.1) is 0 Å². The summed E-state index contributed by atoms with van der Waals surface area (Å²) in [6.45, 7) is 5.21. The SMILES string of the molecule is Cc1c(N)c(N)c2c(N)c3c(N)c(N)c(O)c(C)c3c(C)c2c1O. The van der Waals surface area contributed by atoms with Crippen LogP contribution in [-0.2, 0) is 0 Å². The van der Waals surface area contributed by atoms with Crippen molar-refractivity contribution in [3.05, 3.63) is 16.7 Å². The van der Waals surface area contributed by atoms with Gasteiger partial charge in [0.15, 0.2) is 0 Å². The second kappa shape index (κ2) is 4.64. The van der Waals surface area contributed by atoms with Crippen molar-refractivity contribution in [3.63, 3.8) is 0 Å². The zero-order valence-corrected chi connectivity index (χ0v) is 13.8. The van der Waals surface area contributed by atoms with E-state index in [0.29, 0.717) is 38.2 Å². The van der Waals surface area contributed by atoms with Gasteiger partial charge in [-0.25, -0.2) is 0 Å². The molecule has 0 saturated carbocycles. The lowest BCUT2D eigenvalue weighted by molar-refractivity contribution is 0.474. The first-order valence-electron chi connectivity index (χ1n) is 7.39. The fourth-order valence-electron chi connectivity index (χ4n) is 3.45. The normalized spacial score (nSPS) is 11.5. The van der Waals surface area contributed by atoms with E-state index >= 15 is 0 Å². The predicted molar refractivity (Wildman–Crippen MR) is 101 cm³/mol. The van der Waals surface area contributed by atoms with Gasteiger partial charge < -0.3 is 38.9 Å². The third-order valence-corrected chi connectivity index (χ3v) is 4.89. The van der Waals surface area contributed by atoms with Crippen LogP contribution in [0.15, 0.2) is 0 Å². The van der Waals surface area contributed by atoms with Gasteiger partial charge in [0.1, 0.15) is 11.5 Å². The van der Waals surface area contributed by atoms with Gasteiger partial charge in [0, 0.05) is 27.3 Å². The van der Waals surface area contributed by atoms with Crippen molar-refractivity contribution in [1.29, 1.82) is 0 Å². The Bertz CT molecular complexity index is 892. The maximum Gasteiger partial charge on any atom is 0.144 e. The number of benzene rings is 3. The first-order valence-corrected chi connectivity index (χ1v) is 7.39. The lowest BCUT2D eigenvalue weighted by atomic mass is 9.88. The average molecular weight is 327 g/mol. The van der Waals surface area contributed by atoms with Crippen molar-refractivity contribution in [3.8, 4) is 11.5 Å². The van der Waals surface area contributed by atoms with E-state index in [1.165, 1.54) is 0 Å². The molecule has 0 aliphatic carbocycles. The van der Waals surface area contributed by atoms with Crippen molar-refractivity contribution in [2.75, 3.05) is 28.7 Å². The Morgan fingerprint density at radius 1 is 0.458 bits per heavy atom. The van der Waals surface area contributed by atoms with Crippen LogP contribution in [0.2, 0.25) is 0 Å². The fraction of sp³-hybridized carbons (Fsp3) is 0.176. The molecule has 0 unspecified atom stereocenters. The standard InChI is InChI=1S/C17H21N5O2/c1-4-7-5(2)17(24)15(22)14(21)9(7)12(19)10-8(4)16(23)6(3)11(18)13(10)20/h23-24H,18-22H2,1-3H3. The van der Waals surface area contributed by atoms with E-state index in [9.17, 15) is 10.2 Å². The molecule has 0 aliphatic rings. The Balaban J connectivity index is 2.82. The number of phenolic OH excluding ortho intramolecular Hbond substituents is 2. The van der Waals surface area contributed by atoms with E-state index in [-0.39, 0.29) is 39.9 Å². The minimum Gasteiger partial charge on any atom is -0.507 e. The lowest BCUT2D eigenvalue weighted by Crippen LogP contribution is -2.06. The van der Waals surface area contributed by atoms with Crippen LogP contribution in [0.4, 0.5) is 28.4 Å². The van der Waals surface area contributed by atoms with Crippen LogP contribution in [-0.4, -0.2) is 10.2 Å². The van der Waals surface area contributed by atoms with Gasteiger partial charge in [-0.2, -0.15) is 0 Å². The van der Waals surface area contributed by atoms with E-state index < -0.39 is 0 Å². The molecule has 0 fully saturated rings. The Morgan fingerprint density at radius 2 is 0.958 bits per heavy atom. The highest BCUT2D eigenvalue weighted by atomic mass is 16.3. The maximum absolute atomic E-state index is 10.6. The summed E-state index contributed by atoms with van der Waals surface area (Å²) >= 11 is 0. The van der Waals surface area contributed by atoms with Crippen molar-refractivity contribution in [1.82, 2.24) is 0 Å². The molecule has 7 heteroatoms. The molecule has 3 aromatic carbocycles. The molecule has 0 aliphatic heterocycles. The highest BCUT2D eigenvalue weighted by molar-refractivity contribution is 6.25. The number of nitrogen functional groups attached to an aromatic ring is 5. The Hall–Kier alpha value is -3.22. The second-order valence-electron chi connectivity index (χ2n) is 6.14. The lowest BCUT2D eigenvalue weighted by Gasteiger charge is -2.21. The number of fused-ring (bicyclic) bond motifs is 2. The molecule has 0 amide bonds. The number of hydrogen-bond acceptors (Lipinski definition) is 7. The number of nitrogens with two attached hydrogens (primary N) is 5. The minimum atomic E-state index is -0.0959. The fourth-order valence-corrected chi connectivity index (χ4v) is 3.45. The van der Waals surface area contributed by atoms with Crippen LogP contribution in [0.25, 0.3) is 21.5 Å². The quantitative estimate of drug-likeness (QED) is 0.143. The molecule has 126 valence electrons. The third kappa shape index (κ3) is 1.61. The number of hydrogen-bond donors (Lipinski definition) is 7. The van der Waals surface area contributed by atoms with Gasteiger partial charge in [0.05, 0.1) is 28.4 Å². The molecule has 7 nitrogen and oxygen atoms in total. The Morgan fingerprint density at radius 3 is 1.54 bits per heavy atom. The molecule has 0 radical (unpaired) electrons. The van der Waals surface area contributed by atoms with E-state index in [4.69, 9.17) is 28.7 Å².